The molecule has 1 heterocycles. The summed E-state index contributed by atoms with van der Waals surface area (Å²) in [4.78, 5) is 23.3. The van der Waals surface area contributed by atoms with Crippen LogP contribution in [0.2, 0.25) is 0 Å². The Morgan fingerprint density at radius 3 is 2.62 bits per heavy atom. The highest BCUT2D eigenvalue weighted by Gasteiger charge is 2.23. The smallest absolute Gasteiger partial charge is 0.228 e. The van der Waals surface area contributed by atoms with Gasteiger partial charge >= 0.3 is 0 Å². The van der Waals surface area contributed by atoms with Crippen molar-refractivity contribution in [2.75, 3.05) is 30.8 Å². The van der Waals surface area contributed by atoms with Crippen molar-refractivity contribution in [1.29, 1.82) is 0 Å². The van der Waals surface area contributed by atoms with E-state index in [0.717, 1.165) is 13.0 Å². The minimum absolute atomic E-state index is 0. The van der Waals surface area contributed by atoms with Crippen molar-refractivity contribution in [3.63, 3.8) is 0 Å². The Balaban J connectivity index is 0.00000220. The van der Waals surface area contributed by atoms with Crippen LogP contribution in [0.3, 0.4) is 0 Å². The fraction of sp³-hybridized carbons (Fsp3) is 0.429. The van der Waals surface area contributed by atoms with E-state index in [1.807, 2.05) is 0 Å². The number of methoxy groups -OCH3 is 1. The van der Waals surface area contributed by atoms with Gasteiger partial charge in [0.25, 0.3) is 0 Å². The molecule has 0 aromatic heterocycles. The monoisotopic (exact) mass is 313 g/mol. The van der Waals surface area contributed by atoms with Gasteiger partial charge in [-0.3, -0.25) is 9.59 Å². The predicted molar refractivity (Wildman–Crippen MR) is 84.2 cm³/mol. The molecule has 116 valence electrons. The van der Waals surface area contributed by atoms with E-state index in [0.29, 0.717) is 23.7 Å². The van der Waals surface area contributed by atoms with Gasteiger partial charge in [-0.25, -0.2) is 0 Å². The number of carbonyl (C=O) groups is 2. The number of ether oxygens (including phenoxy) is 1. The SMILES string of the molecule is COc1ccc(NC(C)=O)c(NC(=O)C2CCNC2)c1.Cl. The molecule has 1 unspecified atom stereocenters. The molecule has 3 N–H and O–H groups in total. The van der Waals surface area contributed by atoms with Gasteiger partial charge in [-0.15, -0.1) is 12.4 Å². The Morgan fingerprint density at radius 2 is 2.05 bits per heavy atom. The summed E-state index contributed by atoms with van der Waals surface area (Å²) in [7, 11) is 1.56. The van der Waals surface area contributed by atoms with Gasteiger partial charge in [0.2, 0.25) is 11.8 Å². The molecule has 0 radical (unpaired) electrons. The van der Waals surface area contributed by atoms with Crippen molar-refractivity contribution in [3.05, 3.63) is 18.2 Å². The van der Waals surface area contributed by atoms with E-state index in [1.54, 1.807) is 25.3 Å². The molecule has 1 fully saturated rings. The maximum Gasteiger partial charge on any atom is 0.228 e. The van der Waals surface area contributed by atoms with Crippen molar-refractivity contribution in [1.82, 2.24) is 5.32 Å². The zero-order valence-electron chi connectivity index (χ0n) is 12.1. The molecule has 1 aromatic rings. The molecule has 7 heteroatoms. The summed E-state index contributed by atoms with van der Waals surface area (Å²) in [6.45, 7) is 2.97. The number of rotatable bonds is 4. The molecule has 1 atom stereocenters. The zero-order chi connectivity index (χ0) is 14.5. The van der Waals surface area contributed by atoms with Gasteiger partial charge in [0, 0.05) is 19.5 Å². The van der Waals surface area contributed by atoms with E-state index in [-0.39, 0.29) is 30.1 Å². The summed E-state index contributed by atoms with van der Waals surface area (Å²) in [5, 5.41) is 8.71. The van der Waals surface area contributed by atoms with Crippen molar-refractivity contribution in [3.8, 4) is 5.75 Å². The molecule has 21 heavy (non-hydrogen) atoms. The Kier molecular flexibility index (Phi) is 6.45. The van der Waals surface area contributed by atoms with Crippen LogP contribution in [-0.2, 0) is 9.59 Å². The van der Waals surface area contributed by atoms with Crippen molar-refractivity contribution in [2.24, 2.45) is 5.92 Å². The second-order valence-corrected chi connectivity index (χ2v) is 4.77. The highest BCUT2D eigenvalue weighted by atomic mass is 35.5. The number of anilines is 2. The lowest BCUT2D eigenvalue weighted by Crippen LogP contribution is -2.25. The fourth-order valence-corrected chi connectivity index (χ4v) is 2.17. The number of hydrogen-bond acceptors (Lipinski definition) is 4. The fourth-order valence-electron chi connectivity index (χ4n) is 2.17. The summed E-state index contributed by atoms with van der Waals surface area (Å²) in [5.41, 5.74) is 1.12. The minimum Gasteiger partial charge on any atom is -0.497 e. The maximum atomic E-state index is 12.1. The van der Waals surface area contributed by atoms with Crippen LogP contribution in [-0.4, -0.2) is 32.0 Å². The van der Waals surface area contributed by atoms with Gasteiger partial charge < -0.3 is 20.7 Å². The zero-order valence-corrected chi connectivity index (χ0v) is 12.9. The molecule has 2 amide bonds. The predicted octanol–water partition coefficient (Wildman–Crippen LogP) is 1.62. The van der Waals surface area contributed by atoms with Crippen molar-refractivity contribution >= 4 is 35.6 Å². The van der Waals surface area contributed by atoms with Gasteiger partial charge in [-0.1, -0.05) is 0 Å². The molecule has 1 aliphatic heterocycles. The molecule has 0 spiro atoms. The number of benzene rings is 1. The molecule has 1 saturated heterocycles. The second-order valence-electron chi connectivity index (χ2n) is 4.77. The van der Waals surface area contributed by atoms with Crippen LogP contribution in [0.25, 0.3) is 0 Å². The Hall–Kier alpha value is -1.79. The quantitative estimate of drug-likeness (QED) is 0.789. The topological polar surface area (TPSA) is 79.5 Å². The molecule has 0 bridgehead atoms. The highest BCUT2D eigenvalue weighted by Crippen LogP contribution is 2.28. The van der Waals surface area contributed by atoms with E-state index in [2.05, 4.69) is 16.0 Å². The van der Waals surface area contributed by atoms with E-state index in [9.17, 15) is 9.59 Å². The van der Waals surface area contributed by atoms with Gasteiger partial charge in [-0.05, 0) is 25.1 Å². The van der Waals surface area contributed by atoms with Crippen LogP contribution in [0.1, 0.15) is 13.3 Å². The molecule has 0 aliphatic carbocycles. The largest absolute Gasteiger partial charge is 0.497 e. The van der Waals surface area contributed by atoms with Gasteiger partial charge in [0.05, 0.1) is 24.4 Å². The maximum absolute atomic E-state index is 12.1. The second kappa shape index (κ2) is 7.85. The van der Waals surface area contributed by atoms with Gasteiger partial charge in [0.15, 0.2) is 0 Å². The third-order valence-electron chi connectivity index (χ3n) is 3.23. The first-order valence-corrected chi connectivity index (χ1v) is 6.57. The summed E-state index contributed by atoms with van der Waals surface area (Å²) in [5.74, 6) is 0.355. The number of halogens is 1. The average molecular weight is 314 g/mol. The van der Waals surface area contributed by atoms with Crippen LogP contribution in [0.15, 0.2) is 18.2 Å². The lowest BCUT2D eigenvalue weighted by molar-refractivity contribution is -0.119. The van der Waals surface area contributed by atoms with Crippen LogP contribution < -0.4 is 20.7 Å². The van der Waals surface area contributed by atoms with Crippen LogP contribution in [0, 0.1) is 5.92 Å². The van der Waals surface area contributed by atoms with E-state index < -0.39 is 0 Å². The number of nitrogens with one attached hydrogen (secondary N) is 3. The summed E-state index contributed by atoms with van der Waals surface area (Å²) >= 11 is 0. The first-order valence-electron chi connectivity index (χ1n) is 6.57. The van der Waals surface area contributed by atoms with Crippen LogP contribution >= 0.6 is 12.4 Å². The third-order valence-corrected chi connectivity index (χ3v) is 3.23. The van der Waals surface area contributed by atoms with E-state index in [1.165, 1.54) is 6.92 Å². The molecular formula is C14H20ClN3O3. The summed E-state index contributed by atoms with van der Waals surface area (Å²) in [6.07, 6.45) is 0.825. The first-order chi connectivity index (χ1) is 9.60. The summed E-state index contributed by atoms with van der Waals surface area (Å²) < 4.78 is 5.15. The highest BCUT2D eigenvalue weighted by molar-refractivity contribution is 6.00. The van der Waals surface area contributed by atoms with Crippen LogP contribution in [0.4, 0.5) is 11.4 Å². The van der Waals surface area contributed by atoms with E-state index in [4.69, 9.17) is 4.74 Å². The Labute approximate surface area is 130 Å². The summed E-state index contributed by atoms with van der Waals surface area (Å²) in [6, 6.07) is 5.15. The minimum atomic E-state index is -0.187. The standard InChI is InChI=1S/C14H19N3O3.ClH/c1-9(18)16-12-4-3-11(20-2)7-13(12)17-14(19)10-5-6-15-8-10;/h3-4,7,10,15H,5-6,8H2,1-2H3,(H,16,18)(H,17,19);1H. The average Bonchev–Trinajstić information content (AvgIpc) is 2.94. The van der Waals surface area contributed by atoms with Crippen molar-refractivity contribution < 1.29 is 14.3 Å². The Bertz CT molecular complexity index is 516. The molecule has 2 rings (SSSR count). The molecule has 6 nitrogen and oxygen atoms in total. The van der Waals surface area contributed by atoms with E-state index >= 15 is 0 Å². The normalized spacial score (nSPS) is 16.8. The Morgan fingerprint density at radius 1 is 1.29 bits per heavy atom. The lowest BCUT2D eigenvalue weighted by atomic mass is 10.1. The number of hydrogen-bond donors (Lipinski definition) is 3. The van der Waals surface area contributed by atoms with Gasteiger partial charge in [-0.2, -0.15) is 0 Å². The lowest BCUT2D eigenvalue weighted by Gasteiger charge is -2.15. The van der Waals surface area contributed by atoms with Gasteiger partial charge in [0.1, 0.15) is 5.75 Å². The molecular weight excluding hydrogens is 294 g/mol. The van der Waals surface area contributed by atoms with Crippen LogP contribution in [0.5, 0.6) is 5.75 Å². The third kappa shape index (κ3) is 4.61. The number of amides is 2. The molecule has 1 aromatic carbocycles. The molecule has 0 saturated carbocycles. The van der Waals surface area contributed by atoms with Crippen molar-refractivity contribution in [2.45, 2.75) is 13.3 Å². The molecule has 1 aliphatic rings. The number of carbonyl (C=O) groups excluding carboxylic acids is 2. The first kappa shape index (κ1) is 17.3.